The molecule has 1 aromatic rings. The maximum atomic E-state index is 11.6. The van der Waals surface area contributed by atoms with Gasteiger partial charge in [-0.25, -0.2) is 0 Å². The predicted molar refractivity (Wildman–Crippen MR) is 69.1 cm³/mol. The van der Waals surface area contributed by atoms with Crippen molar-refractivity contribution in [3.63, 3.8) is 0 Å². The van der Waals surface area contributed by atoms with E-state index in [1.165, 1.54) is 5.56 Å². The lowest BCUT2D eigenvalue weighted by atomic mass is 9.92. The van der Waals surface area contributed by atoms with Gasteiger partial charge in [0.15, 0.2) is 0 Å². The van der Waals surface area contributed by atoms with Gasteiger partial charge in [-0.15, -0.1) is 0 Å². The Morgan fingerprint density at radius 3 is 2.11 bits per heavy atom. The SMILES string of the molecule is CC(C)(c1ccccc1)N1CC2C(=O)OC(=O)C2C1. The Labute approximate surface area is 112 Å². The van der Waals surface area contributed by atoms with Crippen molar-refractivity contribution < 1.29 is 14.3 Å². The number of ether oxygens (including phenoxy) is 1. The third-order valence-corrected chi connectivity index (χ3v) is 4.40. The Morgan fingerprint density at radius 2 is 1.58 bits per heavy atom. The number of carbonyl (C=O) groups excluding carboxylic acids is 2. The van der Waals surface area contributed by atoms with Crippen LogP contribution in [0.4, 0.5) is 0 Å². The van der Waals surface area contributed by atoms with E-state index in [-0.39, 0.29) is 29.3 Å². The molecule has 0 aliphatic carbocycles. The van der Waals surface area contributed by atoms with Crippen molar-refractivity contribution in [1.82, 2.24) is 4.90 Å². The molecule has 1 aromatic carbocycles. The van der Waals surface area contributed by atoms with Gasteiger partial charge < -0.3 is 4.74 Å². The summed E-state index contributed by atoms with van der Waals surface area (Å²) in [5, 5.41) is 0. The normalized spacial score (nSPS) is 27.5. The van der Waals surface area contributed by atoms with E-state index < -0.39 is 0 Å². The molecular weight excluding hydrogens is 242 g/mol. The van der Waals surface area contributed by atoms with E-state index in [2.05, 4.69) is 30.9 Å². The Balaban J connectivity index is 1.85. The largest absolute Gasteiger partial charge is 0.393 e. The molecule has 2 unspecified atom stereocenters. The van der Waals surface area contributed by atoms with Crippen LogP contribution in [0.1, 0.15) is 19.4 Å². The molecule has 0 bridgehead atoms. The summed E-state index contributed by atoms with van der Waals surface area (Å²) in [5.41, 5.74) is 1.00. The number of esters is 2. The zero-order valence-electron chi connectivity index (χ0n) is 11.1. The highest BCUT2D eigenvalue weighted by Crippen LogP contribution is 2.38. The summed E-state index contributed by atoms with van der Waals surface area (Å²) in [6.45, 7) is 5.44. The van der Waals surface area contributed by atoms with E-state index in [1.807, 2.05) is 18.2 Å². The van der Waals surface area contributed by atoms with Crippen molar-refractivity contribution in [3.8, 4) is 0 Å². The molecule has 0 saturated carbocycles. The second-order valence-corrected chi connectivity index (χ2v) is 5.78. The molecule has 4 heteroatoms. The molecule has 2 atom stereocenters. The van der Waals surface area contributed by atoms with Gasteiger partial charge in [0.2, 0.25) is 0 Å². The van der Waals surface area contributed by atoms with Crippen LogP contribution in [-0.2, 0) is 19.9 Å². The van der Waals surface area contributed by atoms with Crippen molar-refractivity contribution in [2.45, 2.75) is 19.4 Å². The zero-order chi connectivity index (χ0) is 13.6. The molecule has 2 aliphatic heterocycles. The first-order valence-corrected chi connectivity index (χ1v) is 6.56. The molecule has 2 heterocycles. The van der Waals surface area contributed by atoms with Gasteiger partial charge in [-0.2, -0.15) is 0 Å². The Hall–Kier alpha value is -1.68. The third-order valence-electron chi connectivity index (χ3n) is 4.40. The second kappa shape index (κ2) is 4.17. The number of cyclic esters (lactones) is 2. The van der Waals surface area contributed by atoms with Gasteiger partial charge in [0.25, 0.3) is 0 Å². The van der Waals surface area contributed by atoms with E-state index in [0.29, 0.717) is 13.1 Å². The lowest BCUT2D eigenvalue weighted by Crippen LogP contribution is -2.41. The standard InChI is InChI=1S/C15H17NO3/c1-15(2,10-6-4-3-5-7-10)16-8-11-12(9-16)14(18)19-13(11)17/h3-7,11-12H,8-9H2,1-2H3. The summed E-state index contributed by atoms with van der Waals surface area (Å²) in [7, 11) is 0. The lowest BCUT2D eigenvalue weighted by molar-refractivity contribution is -0.154. The number of hydrogen-bond donors (Lipinski definition) is 0. The van der Waals surface area contributed by atoms with Crippen LogP contribution in [0.3, 0.4) is 0 Å². The molecule has 0 aromatic heterocycles. The first-order valence-electron chi connectivity index (χ1n) is 6.56. The summed E-state index contributed by atoms with van der Waals surface area (Å²) in [4.78, 5) is 25.4. The molecule has 0 spiro atoms. The highest BCUT2D eigenvalue weighted by atomic mass is 16.6. The number of benzene rings is 1. The summed E-state index contributed by atoms with van der Waals surface area (Å²) in [5.74, 6) is -1.28. The molecule has 0 N–H and O–H groups in total. The predicted octanol–water partition coefficient (Wildman–Crippen LogP) is 1.55. The van der Waals surface area contributed by atoms with Gasteiger partial charge in [-0.05, 0) is 19.4 Å². The second-order valence-electron chi connectivity index (χ2n) is 5.78. The smallest absolute Gasteiger partial charge is 0.318 e. The zero-order valence-corrected chi connectivity index (χ0v) is 11.1. The maximum Gasteiger partial charge on any atom is 0.318 e. The summed E-state index contributed by atoms with van der Waals surface area (Å²) in [6, 6.07) is 10.2. The summed E-state index contributed by atoms with van der Waals surface area (Å²) in [6.07, 6.45) is 0. The Bertz CT molecular complexity index is 501. The average molecular weight is 259 g/mol. The molecule has 4 nitrogen and oxygen atoms in total. The Morgan fingerprint density at radius 1 is 1.05 bits per heavy atom. The van der Waals surface area contributed by atoms with Gasteiger partial charge >= 0.3 is 11.9 Å². The van der Waals surface area contributed by atoms with Crippen LogP contribution in [0, 0.1) is 11.8 Å². The fourth-order valence-electron chi connectivity index (χ4n) is 3.02. The van der Waals surface area contributed by atoms with E-state index >= 15 is 0 Å². The molecule has 0 radical (unpaired) electrons. The number of nitrogens with zero attached hydrogens (tertiary/aromatic N) is 1. The van der Waals surface area contributed by atoms with Gasteiger partial charge in [0, 0.05) is 18.6 Å². The van der Waals surface area contributed by atoms with Crippen LogP contribution >= 0.6 is 0 Å². The minimum atomic E-state index is -0.360. The van der Waals surface area contributed by atoms with Crippen LogP contribution < -0.4 is 0 Å². The average Bonchev–Trinajstić information content (AvgIpc) is 2.94. The summed E-state index contributed by atoms with van der Waals surface area (Å²) >= 11 is 0. The van der Waals surface area contributed by atoms with Crippen molar-refractivity contribution in [3.05, 3.63) is 35.9 Å². The third kappa shape index (κ3) is 1.87. The van der Waals surface area contributed by atoms with Crippen LogP contribution in [0.5, 0.6) is 0 Å². The van der Waals surface area contributed by atoms with E-state index in [1.54, 1.807) is 0 Å². The van der Waals surface area contributed by atoms with Crippen LogP contribution in [0.15, 0.2) is 30.3 Å². The first-order chi connectivity index (χ1) is 9.00. The minimum absolute atomic E-state index is 0.188. The van der Waals surface area contributed by atoms with Gasteiger partial charge in [0.1, 0.15) is 0 Å². The topological polar surface area (TPSA) is 46.6 Å². The van der Waals surface area contributed by atoms with Crippen LogP contribution in [0.2, 0.25) is 0 Å². The van der Waals surface area contributed by atoms with Gasteiger partial charge in [0.05, 0.1) is 11.8 Å². The van der Waals surface area contributed by atoms with Gasteiger partial charge in [-0.3, -0.25) is 14.5 Å². The molecule has 2 aliphatic rings. The number of fused-ring (bicyclic) bond motifs is 1. The van der Waals surface area contributed by atoms with Crippen molar-refractivity contribution in [2.24, 2.45) is 11.8 Å². The van der Waals surface area contributed by atoms with Gasteiger partial charge in [-0.1, -0.05) is 30.3 Å². The number of rotatable bonds is 2. The highest BCUT2D eigenvalue weighted by molar-refractivity contribution is 5.97. The summed E-state index contributed by atoms with van der Waals surface area (Å²) < 4.78 is 4.69. The first kappa shape index (κ1) is 12.4. The van der Waals surface area contributed by atoms with Crippen molar-refractivity contribution in [1.29, 1.82) is 0 Å². The quantitative estimate of drug-likeness (QED) is 0.597. The molecule has 19 heavy (non-hydrogen) atoms. The number of hydrogen-bond acceptors (Lipinski definition) is 4. The fourth-order valence-corrected chi connectivity index (χ4v) is 3.02. The molecule has 2 saturated heterocycles. The molecule has 2 fully saturated rings. The van der Waals surface area contributed by atoms with Crippen molar-refractivity contribution >= 4 is 11.9 Å². The Kier molecular flexibility index (Phi) is 2.71. The number of carbonyl (C=O) groups is 2. The lowest BCUT2D eigenvalue weighted by Gasteiger charge is -2.36. The van der Waals surface area contributed by atoms with Crippen LogP contribution in [0.25, 0.3) is 0 Å². The maximum absolute atomic E-state index is 11.6. The van der Waals surface area contributed by atoms with Crippen molar-refractivity contribution in [2.75, 3.05) is 13.1 Å². The molecular formula is C15H17NO3. The van der Waals surface area contributed by atoms with Crippen LogP contribution in [-0.4, -0.2) is 29.9 Å². The molecule has 100 valence electrons. The fraction of sp³-hybridized carbons (Fsp3) is 0.467. The van der Waals surface area contributed by atoms with E-state index in [9.17, 15) is 9.59 Å². The molecule has 0 amide bonds. The highest BCUT2D eigenvalue weighted by Gasteiger charge is 2.52. The minimum Gasteiger partial charge on any atom is -0.393 e. The number of likely N-dealkylation sites (tertiary alicyclic amines) is 1. The molecule has 3 rings (SSSR count). The van der Waals surface area contributed by atoms with E-state index in [0.717, 1.165) is 0 Å². The van der Waals surface area contributed by atoms with E-state index in [4.69, 9.17) is 4.74 Å². The monoisotopic (exact) mass is 259 g/mol.